The molecule has 0 atom stereocenters. The van der Waals surface area contributed by atoms with Gasteiger partial charge in [-0.2, -0.15) is 0 Å². The van der Waals surface area contributed by atoms with Gasteiger partial charge in [-0.25, -0.2) is 0 Å². The van der Waals surface area contributed by atoms with Crippen LogP contribution in [0, 0.1) is 5.92 Å². The zero-order valence-electron chi connectivity index (χ0n) is 11.8. The topological polar surface area (TPSA) is 0 Å². The second kappa shape index (κ2) is 8.52. The quantitative estimate of drug-likeness (QED) is 0.680. The molecule has 0 nitrogen and oxygen atoms in total. The summed E-state index contributed by atoms with van der Waals surface area (Å²) in [6.45, 7) is 6.64. The van der Waals surface area contributed by atoms with Crippen LogP contribution in [-0.2, 0) is 6.42 Å². The molecule has 0 spiro atoms. The highest BCUT2D eigenvalue weighted by molar-refractivity contribution is 5.25. The lowest BCUT2D eigenvalue weighted by Gasteiger charge is -2.00. The molecule has 0 unspecified atom stereocenters. The van der Waals surface area contributed by atoms with Gasteiger partial charge in [0, 0.05) is 0 Å². The molecule has 0 aliphatic carbocycles. The second-order valence-electron chi connectivity index (χ2n) is 4.95. The van der Waals surface area contributed by atoms with E-state index in [9.17, 15) is 0 Å². The summed E-state index contributed by atoms with van der Waals surface area (Å²) < 4.78 is 0. The molecule has 0 heterocycles. The van der Waals surface area contributed by atoms with E-state index in [2.05, 4.69) is 81.4 Å². The summed E-state index contributed by atoms with van der Waals surface area (Å²) in [6, 6.07) is 21.1. The van der Waals surface area contributed by atoms with Crippen molar-refractivity contribution >= 4 is 0 Å². The largest absolute Gasteiger partial charge is 0.0651 e. The van der Waals surface area contributed by atoms with Crippen molar-refractivity contribution in [3.05, 3.63) is 71.8 Å². The van der Waals surface area contributed by atoms with E-state index in [-0.39, 0.29) is 0 Å². The van der Waals surface area contributed by atoms with Crippen molar-refractivity contribution in [1.82, 2.24) is 0 Å². The molecular formula is C18H24. The summed E-state index contributed by atoms with van der Waals surface area (Å²) in [6.07, 6.45) is 2.34. The fourth-order valence-corrected chi connectivity index (χ4v) is 1.43. The number of rotatable bonds is 3. The van der Waals surface area contributed by atoms with E-state index in [1.807, 2.05) is 0 Å². The Morgan fingerprint density at radius 1 is 0.722 bits per heavy atom. The van der Waals surface area contributed by atoms with Gasteiger partial charge in [-0.3, -0.25) is 0 Å². The molecule has 2 rings (SSSR count). The van der Waals surface area contributed by atoms with Crippen molar-refractivity contribution in [2.75, 3.05) is 0 Å². The Morgan fingerprint density at radius 3 is 1.33 bits per heavy atom. The minimum Gasteiger partial charge on any atom is -0.0651 e. The van der Waals surface area contributed by atoms with Crippen LogP contribution in [-0.4, -0.2) is 0 Å². The predicted octanol–water partition coefficient (Wildman–Crippen LogP) is 5.33. The normalized spacial score (nSPS) is 9.78. The summed E-state index contributed by atoms with van der Waals surface area (Å²) in [5.74, 6) is 0.884. The summed E-state index contributed by atoms with van der Waals surface area (Å²) in [4.78, 5) is 0. The molecule has 0 bridgehead atoms. The highest BCUT2D eigenvalue weighted by atomic mass is 14.0. The fourth-order valence-electron chi connectivity index (χ4n) is 1.43. The summed E-state index contributed by atoms with van der Waals surface area (Å²) in [5.41, 5.74) is 2.74. The van der Waals surface area contributed by atoms with Gasteiger partial charge >= 0.3 is 0 Å². The van der Waals surface area contributed by atoms with E-state index in [1.54, 1.807) is 0 Å². The Labute approximate surface area is 112 Å². The van der Waals surface area contributed by atoms with Crippen LogP contribution in [0.2, 0.25) is 0 Å². The first-order valence-corrected chi connectivity index (χ1v) is 6.80. The van der Waals surface area contributed by atoms with Crippen LogP contribution in [0.4, 0.5) is 0 Å². The van der Waals surface area contributed by atoms with Crippen molar-refractivity contribution in [1.29, 1.82) is 0 Å². The van der Waals surface area contributed by atoms with Crippen molar-refractivity contribution in [2.24, 2.45) is 5.92 Å². The summed E-state index contributed by atoms with van der Waals surface area (Å²) in [5, 5.41) is 0. The first kappa shape index (κ1) is 14.5. The van der Waals surface area contributed by atoms with Crippen LogP contribution >= 0.6 is 0 Å². The average Bonchev–Trinajstić information content (AvgIpc) is 2.42. The lowest BCUT2D eigenvalue weighted by molar-refractivity contribution is 0.626. The van der Waals surface area contributed by atoms with Crippen LogP contribution in [0.25, 0.3) is 0 Å². The van der Waals surface area contributed by atoms with Gasteiger partial charge in [0.05, 0.1) is 0 Å². The first-order chi connectivity index (χ1) is 8.72. The molecule has 0 radical (unpaired) electrons. The van der Waals surface area contributed by atoms with Crippen molar-refractivity contribution in [2.45, 2.75) is 33.6 Å². The molecule has 96 valence electrons. The molecule has 2 aromatic rings. The van der Waals surface area contributed by atoms with E-state index < -0.39 is 0 Å². The molecular weight excluding hydrogens is 216 g/mol. The van der Waals surface area contributed by atoms with Gasteiger partial charge < -0.3 is 0 Å². The Hall–Kier alpha value is -1.56. The van der Waals surface area contributed by atoms with E-state index in [1.165, 1.54) is 17.5 Å². The van der Waals surface area contributed by atoms with Gasteiger partial charge in [0.15, 0.2) is 0 Å². The van der Waals surface area contributed by atoms with Crippen LogP contribution < -0.4 is 0 Å². The maximum absolute atomic E-state index is 2.22. The van der Waals surface area contributed by atoms with Crippen molar-refractivity contribution in [3.8, 4) is 0 Å². The molecule has 2 aromatic carbocycles. The SMILES string of the molecule is CCC(C)C.c1ccc(Cc2ccccc2)cc1. The van der Waals surface area contributed by atoms with Crippen LogP contribution in [0.1, 0.15) is 38.3 Å². The van der Waals surface area contributed by atoms with Crippen LogP contribution in [0.15, 0.2) is 60.7 Å². The van der Waals surface area contributed by atoms with Gasteiger partial charge in [-0.15, -0.1) is 0 Å². The number of benzene rings is 2. The minimum atomic E-state index is 0.884. The predicted molar refractivity (Wildman–Crippen MR) is 80.8 cm³/mol. The number of hydrogen-bond acceptors (Lipinski definition) is 0. The van der Waals surface area contributed by atoms with Gasteiger partial charge in [-0.05, 0) is 23.5 Å². The third-order valence-corrected chi connectivity index (χ3v) is 2.91. The Morgan fingerprint density at radius 2 is 1.06 bits per heavy atom. The molecule has 0 heteroatoms. The second-order valence-corrected chi connectivity index (χ2v) is 4.95. The standard InChI is InChI=1S/C13H12.C5H12/c1-3-7-12(8-4-1)11-13-9-5-2-6-10-13;1-4-5(2)3/h1-10H,11H2;5H,4H2,1-3H3. The lowest BCUT2D eigenvalue weighted by Crippen LogP contribution is -1.85. The molecule has 0 aliphatic rings. The monoisotopic (exact) mass is 240 g/mol. The fraction of sp³-hybridized carbons (Fsp3) is 0.333. The zero-order valence-corrected chi connectivity index (χ0v) is 11.8. The Kier molecular flexibility index (Phi) is 6.86. The average molecular weight is 240 g/mol. The molecule has 0 N–H and O–H groups in total. The van der Waals surface area contributed by atoms with E-state index >= 15 is 0 Å². The van der Waals surface area contributed by atoms with Crippen molar-refractivity contribution in [3.63, 3.8) is 0 Å². The maximum Gasteiger partial charge on any atom is -0.00258 e. The third-order valence-electron chi connectivity index (χ3n) is 2.91. The van der Waals surface area contributed by atoms with E-state index in [0.717, 1.165) is 12.3 Å². The number of hydrogen-bond donors (Lipinski definition) is 0. The van der Waals surface area contributed by atoms with E-state index in [4.69, 9.17) is 0 Å². The minimum absolute atomic E-state index is 0.884. The Bertz CT molecular complexity index is 363. The van der Waals surface area contributed by atoms with E-state index in [0.29, 0.717) is 0 Å². The van der Waals surface area contributed by atoms with Gasteiger partial charge in [0.2, 0.25) is 0 Å². The molecule has 0 aromatic heterocycles. The van der Waals surface area contributed by atoms with Crippen molar-refractivity contribution < 1.29 is 0 Å². The Balaban J connectivity index is 0.000000280. The summed E-state index contributed by atoms with van der Waals surface area (Å²) in [7, 11) is 0. The molecule has 0 fully saturated rings. The molecule has 0 saturated heterocycles. The van der Waals surface area contributed by atoms with Crippen LogP contribution in [0.5, 0.6) is 0 Å². The molecule has 0 aliphatic heterocycles. The highest BCUT2D eigenvalue weighted by Gasteiger charge is 1.92. The van der Waals surface area contributed by atoms with Gasteiger partial charge in [0.1, 0.15) is 0 Å². The zero-order chi connectivity index (χ0) is 13.2. The third kappa shape index (κ3) is 6.24. The highest BCUT2D eigenvalue weighted by Crippen LogP contribution is 2.07. The first-order valence-electron chi connectivity index (χ1n) is 6.80. The maximum atomic E-state index is 2.22. The van der Waals surface area contributed by atoms with Gasteiger partial charge in [-0.1, -0.05) is 87.9 Å². The molecule has 0 amide bonds. The molecule has 18 heavy (non-hydrogen) atoms. The van der Waals surface area contributed by atoms with Gasteiger partial charge in [0.25, 0.3) is 0 Å². The molecule has 0 saturated carbocycles. The summed E-state index contributed by atoms with van der Waals surface area (Å²) >= 11 is 0. The lowest BCUT2D eigenvalue weighted by atomic mass is 10.1. The van der Waals surface area contributed by atoms with Crippen LogP contribution in [0.3, 0.4) is 0 Å². The smallest absolute Gasteiger partial charge is 0.00258 e.